The fraction of sp³-hybridized carbons (Fsp3) is 0.500. The molecule has 126 valence electrons. The highest BCUT2D eigenvalue weighted by molar-refractivity contribution is 7.89. The van der Waals surface area contributed by atoms with Gasteiger partial charge in [0.15, 0.2) is 0 Å². The quantitative estimate of drug-likeness (QED) is 0.875. The zero-order chi connectivity index (χ0) is 15.6. The molecule has 0 radical (unpaired) electrons. The highest BCUT2D eigenvalue weighted by atomic mass is 35.5. The zero-order valence-corrected chi connectivity index (χ0v) is 13.8. The van der Waals surface area contributed by atoms with Crippen LogP contribution < -0.4 is 10.5 Å². The van der Waals surface area contributed by atoms with Gasteiger partial charge in [0.1, 0.15) is 5.75 Å². The maximum Gasteiger partial charge on any atom is 0.387 e. The molecule has 2 N–H and O–H groups in total. The maximum atomic E-state index is 12.4. The molecular formula is C12H16Cl2F2N2O3S. The maximum absolute atomic E-state index is 12.4. The monoisotopic (exact) mass is 376 g/mol. The molecule has 0 aliphatic carbocycles. The van der Waals surface area contributed by atoms with Crippen molar-refractivity contribution in [2.24, 2.45) is 5.73 Å². The molecule has 0 aromatic heterocycles. The molecule has 1 fully saturated rings. The van der Waals surface area contributed by atoms with Gasteiger partial charge in [0.05, 0.1) is 9.92 Å². The van der Waals surface area contributed by atoms with Crippen LogP contribution in [0.3, 0.4) is 0 Å². The molecule has 1 aromatic rings. The number of hydrogen-bond acceptors (Lipinski definition) is 4. The lowest BCUT2D eigenvalue weighted by Crippen LogP contribution is -2.45. The van der Waals surface area contributed by atoms with Crippen molar-refractivity contribution in [3.05, 3.63) is 23.2 Å². The summed E-state index contributed by atoms with van der Waals surface area (Å²) < 4.78 is 54.6. The molecule has 22 heavy (non-hydrogen) atoms. The molecule has 1 aromatic carbocycles. The Bertz CT molecular complexity index is 616. The molecule has 0 spiro atoms. The normalized spacial score (nSPS) is 19.8. The van der Waals surface area contributed by atoms with Crippen LogP contribution in [0.25, 0.3) is 0 Å². The van der Waals surface area contributed by atoms with Crippen molar-refractivity contribution in [1.82, 2.24) is 4.31 Å². The van der Waals surface area contributed by atoms with Crippen molar-refractivity contribution in [2.75, 3.05) is 13.1 Å². The molecule has 1 saturated heterocycles. The Labute approximate surface area is 138 Å². The summed E-state index contributed by atoms with van der Waals surface area (Å²) in [5.41, 5.74) is 5.77. The summed E-state index contributed by atoms with van der Waals surface area (Å²) in [5.74, 6) is -0.263. The smallest absolute Gasteiger partial charge is 0.387 e. The molecule has 0 unspecified atom stereocenters. The van der Waals surface area contributed by atoms with E-state index in [1.807, 2.05) is 0 Å². The Hall–Kier alpha value is -0.670. The van der Waals surface area contributed by atoms with Crippen molar-refractivity contribution in [3.8, 4) is 5.75 Å². The lowest BCUT2D eigenvalue weighted by molar-refractivity contribution is -0.0498. The number of benzene rings is 1. The molecule has 5 nitrogen and oxygen atoms in total. The Balaban J connectivity index is 0.00000242. The van der Waals surface area contributed by atoms with Crippen molar-refractivity contribution in [3.63, 3.8) is 0 Å². The minimum absolute atomic E-state index is 0. The number of ether oxygens (including phenoxy) is 1. The first-order valence-corrected chi connectivity index (χ1v) is 8.12. The van der Waals surface area contributed by atoms with Crippen LogP contribution >= 0.6 is 24.0 Å². The van der Waals surface area contributed by atoms with E-state index in [1.165, 1.54) is 10.4 Å². The summed E-state index contributed by atoms with van der Waals surface area (Å²) in [4.78, 5) is -0.0665. The van der Waals surface area contributed by atoms with Gasteiger partial charge in [-0.25, -0.2) is 8.42 Å². The van der Waals surface area contributed by atoms with Gasteiger partial charge in [-0.05, 0) is 31.0 Å². The van der Waals surface area contributed by atoms with Gasteiger partial charge in [0.2, 0.25) is 10.0 Å². The first kappa shape index (κ1) is 19.4. The van der Waals surface area contributed by atoms with E-state index < -0.39 is 16.6 Å². The van der Waals surface area contributed by atoms with Crippen molar-refractivity contribution in [1.29, 1.82) is 0 Å². The van der Waals surface area contributed by atoms with Crippen molar-refractivity contribution >= 4 is 34.0 Å². The number of piperidine rings is 1. The Morgan fingerprint density at radius 1 is 1.41 bits per heavy atom. The fourth-order valence-electron chi connectivity index (χ4n) is 2.17. The number of hydrogen-bond donors (Lipinski definition) is 1. The molecule has 0 saturated carbocycles. The van der Waals surface area contributed by atoms with Gasteiger partial charge in [-0.3, -0.25) is 0 Å². The second kappa shape index (κ2) is 7.74. The highest BCUT2D eigenvalue weighted by Gasteiger charge is 2.29. The number of nitrogens with zero attached hydrogens (tertiary/aromatic N) is 1. The van der Waals surface area contributed by atoms with E-state index in [4.69, 9.17) is 17.3 Å². The number of rotatable bonds is 4. The largest absolute Gasteiger partial charge is 0.433 e. The summed E-state index contributed by atoms with van der Waals surface area (Å²) in [5, 5.41) is -0.183. The average molecular weight is 377 g/mol. The first-order chi connectivity index (χ1) is 9.80. The van der Waals surface area contributed by atoms with Gasteiger partial charge in [-0.15, -0.1) is 12.4 Å². The molecule has 10 heteroatoms. The van der Waals surface area contributed by atoms with Crippen LogP contribution in [-0.4, -0.2) is 38.5 Å². The van der Waals surface area contributed by atoms with E-state index in [1.54, 1.807) is 0 Å². The average Bonchev–Trinajstić information content (AvgIpc) is 2.40. The molecule has 1 aliphatic heterocycles. The summed E-state index contributed by atoms with van der Waals surface area (Å²) in [7, 11) is -3.74. The summed E-state index contributed by atoms with van der Waals surface area (Å²) in [6.07, 6.45) is 1.45. The lowest BCUT2D eigenvalue weighted by Gasteiger charge is -2.29. The summed E-state index contributed by atoms with van der Waals surface area (Å²) in [6.45, 7) is -2.41. The van der Waals surface area contributed by atoms with Crippen LogP contribution in [0.15, 0.2) is 23.1 Å². The van der Waals surface area contributed by atoms with Crippen molar-refractivity contribution in [2.45, 2.75) is 30.4 Å². The summed E-state index contributed by atoms with van der Waals surface area (Å²) >= 11 is 5.78. The molecule has 1 atom stereocenters. The van der Waals surface area contributed by atoms with Crippen molar-refractivity contribution < 1.29 is 21.9 Å². The van der Waals surface area contributed by atoms with E-state index in [-0.39, 0.29) is 40.7 Å². The second-order valence-corrected chi connectivity index (χ2v) is 7.08. The predicted molar refractivity (Wildman–Crippen MR) is 81.3 cm³/mol. The third kappa shape index (κ3) is 4.42. The predicted octanol–water partition coefficient (Wildman–Crippen LogP) is 2.48. The molecule has 1 aliphatic rings. The van der Waals surface area contributed by atoms with Gasteiger partial charge in [-0.2, -0.15) is 13.1 Å². The first-order valence-electron chi connectivity index (χ1n) is 6.31. The minimum atomic E-state index is -3.74. The number of halogens is 4. The van der Waals surface area contributed by atoms with E-state index in [9.17, 15) is 17.2 Å². The van der Waals surface area contributed by atoms with Crippen LogP contribution in [-0.2, 0) is 10.0 Å². The highest BCUT2D eigenvalue weighted by Crippen LogP contribution is 2.30. The van der Waals surface area contributed by atoms with Crippen LogP contribution in [0, 0.1) is 0 Å². The molecule has 2 rings (SSSR count). The van der Waals surface area contributed by atoms with Crippen LogP contribution in [0.2, 0.25) is 5.02 Å². The summed E-state index contributed by atoms with van der Waals surface area (Å²) in [6, 6.07) is 3.21. The van der Waals surface area contributed by atoms with Gasteiger partial charge in [0.25, 0.3) is 0 Å². The SMILES string of the molecule is Cl.N[C@@H]1CCCN(S(=O)(=O)c2ccc(OC(F)F)c(Cl)c2)C1. The van der Waals surface area contributed by atoms with E-state index >= 15 is 0 Å². The third-order valence-electron chi connectivity index (χ3n) is 3.18. The van der Waals surface area contributed by atoms with Crippen LogP contribution in [0.5, 0.6) is 5.75 Å². The van der Waals surface area contributed by atoms with E-state index in [0.717, 1.165) is 18.6 Å². The lowest BCUT2D eigenvalue weighted by atomic mass is 10.1. The molecular weight excluding hydrogens is 361 g/mol. The fourth-order valence-corrected chi connectivity index (χ4v) is 4.03. The topological polar surface area (TPSA) is 72.6 Å². The second-order valence-electron chi connectivity index (χ2n) is 4.74. The number of sulfonamides is 1. The van der Waals surface area contributed by atoms with Crippen LogP contribution in [0.4, 0.5) is 8.78 Å². The zero-order valence-electron chi connectivity index (χ0n) is 11.4. The molecule has 1 heterocycles. The number of nitrogens with two attached hydrogens (primary N) is 1. The van der Waals surface area contributed by atoms with Gasteiger partial charge in [-0.1, -0.05) is 11.6 Å². The van der Waals surface area contributed by atoms with E-state index in [2.05, 4.69) is 4.74 Å². The Kier molecular flexibility index (Phi) is 6.82. The Morgan fingerprint density at radius 2 is 2.09 bits per heavy atom. The van der Waals surface area contributed by atoms with Gasteiger partial charge >= 0.3 is 6.61 Å². The molecule has 0 bridgehead atoms. The van der Waals surface area contributed by atoms with Gasteiger partial charge in [0, 0.05) is 19.1 Å². The standard InChI is InChI=1S/C12H15ClF2N2O3S.ClH/c13-10-6-9(3-4-11(10)20-12(14)15)21(18,19)17-5-1-2-8(16)7-17;/h3-4,6,8,12H,1-2,5,7,16H2;1H/t8-;/m1./s1. The van der Waals surface area contributed by atoms with E-state index in [0.29, 0.717) is 13.0 Å². The van der Waals surface area contributed by atoms with Crippen LogP contribution in [0.1, 0.15) is 12.8 Å². The third-order valence-corrected chi connectivity index (χ3v) is 5.33. The number of alkyl halides is 2. The molecule has 0 amide bonds. The minimum Gasteiger partial charge on any atom is -0.433 e. The van der Waals surface area contributed by atoms with Gasteiger partial charge < -0.3 is 10.5 Å². The Morgan fingerprint density at radius 3 is 2.64 bits per heavy atom.